The van der Waals surface area contributed by atoms with Gasteiger partial charge in [0.25, 0.3) is 0 Å². The number of halogens is 1. The van der Waals surface area contributed by atoms with Crippen molar-refractivity contribution in [1.29, 1.82) is 0 Å². The molecule has 84 valence electrons. The second kappa shape index (κ2) is 5.64. The average molecular weight is 272 g/mol. The molecule has 0 aliphatic carbocycles. The van der Waals surface area contributed by atoms with Crippen molar-refractivity contribution in [2.75, 3.05) is 13.7 Å². The van der Waals surface area contributed by atoms with E-state index in [4.69, 9.17) is 10.5 Å². The zero-order chi connectivity index (χ0) is 11.3. The molecule has 0 spiro atoms. The van der Waals surface area contributed by atoms with Crippen molar-refractivity contribution in [2.45, 2.75) is 25.3 Å². The van der Waals surface area contributed by atoms with Gasteiger partial charge in [0.2, 0.25) is 0 Å². The van der Waals surface area contributed by atoms with E-state index in [1.54, 1.807) is 7.11 Å². The zero-order valence-electron chi connectivity index (χ0n) is 9.29. The Morgan fingerprint density at radius 2 is 1.93 bits per heavy atom. The van der Waals surface area contributed by atoms with E-state index in [0.29, 0.717) is 6.61 Å². The van der Waals surface area contributed by atoms with Gasteiger partial charge in [-0.2, -0.15) is 0 Å². The number of hydrogen-bond donors (Lipinski definition) is 1. The second-order valence-electron chi connectivity index (χ2n) is 4.20. The van der Waals surface area contributed by atoms with E-state index in [1.807, 2.05) is 12.1 Å². The first kappa shape index (κ1) is 12.7. The van der Waals surface area contributed by atoms with Crippen LogP contribution in [-0.2, 0) is 11.2 Å². The average Bonchev–Trinajstić information content (AvgIpc) is 2.18. The molecule has 1 aromatic rings. The summed E-state index contributed by atoms with van der Waals surface area (Å²) in [5.74, 6) is 0. The number of hydrogen-bond acceptors (Lipinski definition) is 2. The molecule has 0 aliphatic heterocycles. The van der Waals surface area contributed by atoms with Crippen molar-refractivity contribution in [3.8, 4) is 0 Å². The van der Waals surface area contributed by atoms with Gasteiger partial charge in [0.1, 0.15) is 0 Å². The van der Waals surface area contributed by atoms with Crippen LogP contribution in [-0.4, -0.2) is 19.3 Å². The lowest BCUT2D eigenvalue weighted by Crippen LogP contribution is -2.39. The minimum absolute atomic E-state index is 0.191. The molecule has 1 atom stereocenters. The van der Waals surface area contributed by atoms with Crippen molar-refractivity contribution in [2.24, 2.45) is 5.73 Å². The second-order valence-corrected chi connectivity index (χ2v) is 5.12. The molecule has 3 heteroatoms. The molecule has 0 saturated heterocycles. The van der Waals surface area contributed by atoms with Gasteiger partial charge in [0.05, 0.1) is 0 Å². The van der Waals surface area contributed by atoms with Gasteiger partial charge in [-0.15, -0.1) is 0 Å². The maximum Gasteiger partial charge on any atom is 0.0479 e. The minimum atomic E-state index is -0.191. The summed E-state index contributed by atoms with van der Waals surface area (Å²) in [7, 11) is 1.70. The first-order valence-electron chi connectivity index (χ1n) is 5.06. The standard InChI is InChI=1S/C12H18BrNO/c1-12(14,7-8-15-2)9-10-3-5-11(13)6-4-10/h3-6H,7-9,14H2,1-2H3. The minimum Gasteiger partial charge on any atom is -0.385 e. The van der Waals surface area contributed by atoms with Crippen molar-refractivity contribution < 1.29 is 4.74 Å². The summed E-state index contributed by atoms with van der Waals surface area (Å²) in [6, 6.07) is 8.29. The maximum atomic E-state index is 6.18. The Hall–Kier alpha value is -0.380. The van der Waals surface area contributed by atoms with Crippen LogP contribution in [0.3, 0.4) is 0 Å². The molecular weight excluding hydrogens is 254 g/mol. The van der Waals surface area contributed by atoms with Crippen LogP contribution >= 0.6 is 15.9 Å². The highest BCUT2D eigenvalue weighted by Gasteiger charge is 2.18. The summed E-state index contributed by atoms with van der Waals surface area (Å²) < 4.78 is 6.15. The Morgan fingerprint density at radius 1 is 1.33 bits per heavy atom. The van der Waals surface area contributed by atoms with Crippen LogP contribution < -0.4 is 5.73 Å². The van der Waals surface area contributed by atoms with E-state index in [-0.39, 0.29) is 5.54 Å². The van der Waals surface area contributed by atoms with Crippen LogP contribution in [0.1, 0.15) is 18.9 Å². The van der Waals surface area contributed by atoms with Gasteiger partial charge in [0, 0.05) is 23.7 Å². The molecule has 2 nitrogen and oxygen atoms in total. The van der Waals surface area contributed by atoms with Gasteiger partial charge in [-0.25, -0.2) is 0 Å². The zero-order valence-corrected chi connectivity index (χ0v) is 10.9. The van der Waals surface area contributed by atoms with Gasteiger partial charge in [-0.1, -0.05) is 28.1 Å². The van der Waals surface area contributed by atoms with E-state index in [2.05, 4.69) is 35.0 Å². The Bertz CT molecular complexity index is 295. The Kier molecular flexibility index (Phi) is 4.77. The van der Waals surface area contributed by atoms with Crippen molar-refractivity contribution in [3.05, 3.63) is 34.3 Å². The first-order valence-corrected chi connectivity index (χ1v) is 5.85. The van der Waals surface area contributed by atoms with E-state index in [1.165, 1.54) is 5.56 Å². The molecule has 0 aromatic heterocycles. The summed E-state index contributed by atoms with van der Waals surface area (Å²) in [4.78, 5) is 0. The molecule has 15 heavy (non-hydrogen) atoms. The molecule has 1 aromatic carbocycles. The van der Waals surface area contributed by atoms with E-state index < -0.39 is 0 Å². The molecule has 0 bridgehead atoms. The van der Waals surface area contributed by atoms with Gasteiger partial charge in [-0.3, -0.25) is 0 Å². The van der Waals surface area contributed by atoms with Gasteiger partial charge >= 0.3 is 0 Å². The predicted octanol–water partition coefficient (Wildman–Crippen LogP) is 2.75. The van der Waals surface area contributed by atoms with Crippen molar-refractivity contribution in [1.82, 2.24) is 0 Å². The van der Waals surface area contributed by atoms with Crippen LogP contribution in [0.15, 0.2) is 28.7 Å². The van der Waals surface area contributed by atoms with Crippen LogP contribution in [0.4, 0.5) is 0 Å². The molecule has 1 rings (SSSR count). The van der Waals surface area contributed by atoms with Gasteiger partial charge in [-0.05, 0) is 37.5 Å². The summed E-state index contributed by atoms with van der Waals surface area (Å²) in [5, 5.41) is 0. The number of methoxy groups -OCH3 is 1. The Morgan fingerprint density at radius 3 is 2.47 bits per heavy atom. The summed E-state index contributed by atoms with van der Waals surface area (Å²) >= 11 is 3.42. The maximum absolute atomic E-state index is 6.18. The monoisotopic (exact) mass is 271 g/mol. The fraction of sp³-hybridized carbons (Fsp3) is 0.500. The van der Waals surface area contributed by atoms with E-state index >= 15 is 0 Å². The lowest BCUT2D eigenvalue weighted by atomic mass is 9.91. The Labute approximate surface area is 99.9 Å². The van der Waals surface area contributed by atoms with Gasteiger partial charge < -0.3 is 10.5 Å². The molecule has 0 fully saturated rings. The topological polar surface area (TPSA) is 35.2 Å². The predicted molar refractivity (Wildman–Crippen MR) is 66.9 cm³/mol. The Balaban J connectivity index is 2.56. The largest absolute Gasteiger partial charge is 0.385 e. The third-order valence-corrected chi connectivity index (χ3v) is 2.93. The van der Waals surface area contributed by atoms with E-state index in [9.17, 15) is 0 Å². The quantitative estimate of drug-likeness (QED) is 0.894. The smallest absolute Gasteiger partial charge is 0.0479 e. The highest BCUT2D eigenvalue weighted by atomic mass is 79.9. The number of nitrogens with two attached hydrogens (primary N) is 1. The van der Waals surface area contributed by atoms with Gasteiger partial charge in [0.15, 0.2) is 0 Å². The molecule has 0 heterocycles. The summed E-state index contributed by atoms with van der Waals surface area (Å²) in [6.45, 7) is 2.78. The van der Waals surface area contributed by atoms with Crippen LogP contribution in [0.25, 0.3) is 0 Å². The third kappa shape index (κ3) is 4.78. The van der Waals surface area contributed by atoms with Crippen LogP contribution in [0.2, 0.25) is 0 Å². The molecular formula is C12H18BrNO. The number of ether oxygens (including phenoxy) is 1. The highest BCUT2D eigenvalue weighted by molar-refractivity contribution is 9.10. The highest BCUT2D eigenvalue weighted by Crippen LogP contribution is 2.17. The molecule has 0 aliphatic rings. The number of rotatable bonds is 5. The molecule has 0 amide bonds. The first-order chi connectivity index (χ1) is 7.03. The molecule has 2 N–H and O–H groups in total. The fourth-order valence-electron chi connectivity index (χ4n) is 1.49. The number of benzene rings is 1. The normalized spacial score (nSPS) is 14.9. The summed E-state index contributed by atoms with van der Waals surface area (Å²) in [6.07, 6.45) is 1.75. The molecule has 1 unspecified atom stereocenters. The molecule has 0 radical (unpaired) electrons. The SMILES string of the molecule is COCCC(C)(N)Cc1ccc(Br)cc1. The third-order valence-electron chi connectivity index (χ3n) is 2.40. The lowest BCUT2D eigenvalue weighted by molar-refractivity contribution is 0.171. The summed E-state index contributed by atoms with van der Waals surface area (Å²) in [5.41, 5.74) is 7.25. The van der Waals surface area contributed by atoms with Crippen LogP contribution in [0.5, 0.6) is 0 Å². The van der Waals surface area contributed by atoms with Crippen molar-refractivity contribution >= 4 is 15.9 Å². The fourth-order valence-corrected chi connectivity index (χ4v) is 1.76. The molecule has 0 saturated carbocycles. The van der Waals surface area contributed by atoms with E-state index in [0.717, 1.165) is 17.3 Å². The van der Waals surface area contributed by atoms with Crippen LogP contribution in [0, 0.1) is 0 Å². The lowest BCUT2D eigenvalue weighted by Gasteiger charge is -2.24. The van der Waals surface area contributed by atoms with Crippen molar-refractivity contribution in [3.63, 3.8) is 0 Å².